The normalized spacial score (nSPS) is 11.5. The number of para-hydroxylation sites is 3. The summed E-state index contributed by atoms with van der Waals surface area (Å²) in [5, 5.41) is 4.96. The van der Waals surface area contributed by atoms with Crippen molar-refractivity contribution in [2.24, 2.45) is 0 Å². The molecular weight excluding hydrogens is 691 g/mol. The predicted octanol–water partition coefficient (Wildman–Crippen LogP) is 14.7. The Hall–Kier alpha value is -7.62. The number of hydrogen-bond acceptors (Lipinski definition) is 1. The van der Waals surface area contributed by atoms with Crippen LogP contribution in [-0.2, 0) is 0 Å². The minimum Gasteiger partial charge on any atom is -0.310 e. The second-order valence-electron chi connectivity index (χ2n) is 14.6. The summed E-state index contributed by atoms with van der Waals surface area (Å²) in [6.45, 7) is 0. The van der Waals surface area contributed by atoms with Gasteiger partial charge in [0.1, 0.15) is 0 Å². The van der Waals surface area contributed by atoms with Crippen LogP contribution < -0.4 is 4.90 Å². The summed E-state index contributed by atoms with van der Waals surface area (Å²) in [6, 6.07) is 81.1. The van der Waals surface area contributed by atoms with Crippen LogP contribution in [0.15, 0.2) is 224 Å². The molecule has 268 valence electrons. The van der Waals surface area contributed by atoms with Gasteiger partial charge in [-0.1, -0.05) is 140 Å². The third kappa shape index (κ3) is 5.60. The van der Waals surface area contributed by atoms with E-state index in [1.165, 1.54) is 65.9 Å². The van der Waals surface area contributed by atoms with Crippen molar-refractivity contribution >= 4 is 60.7 Å². The van der Waals surface area contributed by atoms with Crippen LogP contribution in [0.1, 0.15) is 0 Å². The molecule has 0 spiro atoms. The number of rotatable bonds is 7. The molecule has 0 fully saturated rings. The second-order valence-corrected chi connectivity index (χ2v) is 14.6. The number of hydrogen-bond donors (Lipinski definition) is 0. The molecule has 0 aliphatic heterocycles. The molecule has 0 aliphatic rings. The summed E-state index contributed by atoms with van der Waals surface area (Å²) in [7, 11) is 0. The van der Waals surface area contributed by atoms with Crippen LogP contribution in [-0.4, -0.2) is 9.13 Å². The third-order valence-corrected chi connectivity index (χ3v) is 11.3. The molecule has 0 atom stereocenters. The van der Waals surface area contributed by atoms with Crippen molar-refractivity contribution in [1.29, 1.82) is 0 Å². The molecule has 0 N–H and O–H groups in total. The Bertz CT molecular complexity index is 3140. The van der Waals surface area contributed by atoms with Gasteiger partial charge in [-0.3, -0.25) is 0 Å². The molecule has 0 radical (unpaired) electrons. The second kappa shape index (κ2) is 13.6. The topological polar surface area (TPSA) is 13.1 Å². The van der Waals surface area contributed by atoms with Crippen molar-refractivity contribution in [2.75, 3.05) is 4.90 Å². The molecular formula is C54H37N3. The number of anilines is 3. The maximum absolute atomic E-state index is 2.39. The van der Waals surface area contributed by atoms with Gasteiger partial charge < -0.3 is 14.0 Å². The maximum Gasteiger partial charge on any atom is 0.0542 e. The van der Waals surface area contributed by atoms with Gasteiger partial charge in [-0.15, -0.1) is 0 Å². The Morgan fingerprint density at radius 1 is 0.246 bits per heavy atom. The molecule has 0 aliphatic carbocycles. The standard InChI is InChI=1S/C54H37N3/c1-3-13-38(14-4-1)40-23-27-42(28-24-40)55(43-31-33-45(34-32-43)56-51-20-10-7-17-47(51)48-18-8-11-21-52(48)56)46-35-36-54-50(37-46)49-19-9-12-22-53(49)57(54)44-29-25-41(26-30-44)39-15-5-2-6-16-39/h1-37H. The molecule has 3 heteroatoms. The number of aromatic nitrogens is 2. The highest BCUT2D eigenvalue weighted by Gasteiger charge is 2.19. The van der Waals surface area contributed by atoms with Crippen molar-refractivity contribution in [3.63, 3.8) is 0 Å². The van der Waals surface area contributed by atoms with Gasteiger partial charge >= 0.3 is 0 Å². The lowest BCUT2D eigenvalue weighted by atomic mass is 10.0. The van der Waals surface area contributed by atoms with Gasteiger partial charge in [0.05, 0.1) is 22.1 Å². The summed E-state index contributed by atoms with van der Waals surface area (Å²) < 4.78 is 4.77. The molecule has 11 aromatic rings. The van der Waals surface area contributed by atoms with E-state index in [1.807, 2.05) is 0 Å². The maximum atomic E-state index is 2.39. The number of fused-ring (bicyclic) bond motifs is 6. The predicted molar refractivity (Wildman–Crippen MR) is 241 cm³/mol. The molecule has 9 aromatic carbocycles. The first-order valence-electron chi connectivity index (χ1n) is 19.5. The Morgan fingerprint density at radius 3 is 1.07 bits per heavy atom. The molecule has 0 amide bonds. The van der Waals surface area contributed by atoms with Gasteiger partial charge in [0.2, 0.25) is 0 Å². The van der Waals surface area contributed by atoms with Crippen molar-refractivity contribution in [3.8, 4) is 33.6 Å². The van der Waals surface area contributed by atoms with Gasteiger partial charge in [0.25, 0.3) is 0 Å². The number of nitrogens with zero attached hydrogens (tertiary/aromatic N) is 3. The van der Waals surface area contributed by atoms with Crippen LogP contribution in [0, 0.1) is 0 Å². The first-order chi connectivity index (χ1) is 28.3. The molecule has 11 rings (SSSR count). The van der Waals surface area contributed by atoms with Crippen LogP contribution >= 0.6 is 0 Å². The summed E-state index contributed by atoms with van der Waals surface area (Å²) >= 11 is 0. The quantitative estimate of drug-likeness (QED) is 0.159. The highest BCUT2D eigenvalue weighted by molar-refractivity contribution is 6.11. The van der Waals surface area contributed by atoms with E-state index in [9.17, 15) is 0 Å². The van der Waals surface area contributed by atoms with E-state index < -0.39 is 0 Å². The lowest BCUT2D eigenvalue weighted by molar-refractivity contribution is 1.17. The summed E-state index contributed by atoms with van der Waals surface area (Å²) in [4.78, 5) is 2.38. The van der Waals surface area contributed by atoms with Gasteiger partial charge in [-0.05, 0) is 107 Å². The van der Waals surface area contributed by atoms with E-state index in [2.05, 4.69) is 238 Å². The van der Waals surface area contributed by atoms with Gasteiger partial charge in [-0.25, -0.2) is 0 Å². The fourth-order valence-corrected chi connectivity index (χ4v) is 8.64. The highest BCUT2D eigenvalue weighted by Crippen LogP contribution is 2.41. The minimum absolute atomic E-state index is 1.09. The van der Waals surface area contributed by atoms with Crippen molar-refractivity contribution < 1.29 is 0 Å². The first kappa shape index (κ1) is 32.8. The van der Waals surface area contributed by atoms with Crippen LogP contribution in [0.5, 0.6) is 0 Å². The zero-order chi connectivity index (χ0) is 37.7. The molecule has 2 aromatic heterocycles. The van der Waals surface area contributed by atoms with Crippen LogP contribution in [0.3, 0.4) is 0 Å². The zero-order valence-electron chi connectivity index (χ0n) is 31.2. The van der Waals surface area contributed by atoms with E-state index >= 15 is 0 Å². The van der Waals surface area contributed by atoms with Gasteiger partial charge in [0, 0.05) is 50.0 Å². The Balaban J connectivity index is 1.05. The highest BCUT2D eigenvalue weighted by atomic mass is 15.1. The SMILES string of the molecule is c1ccc(-c2ccc(N(c3ccc(-n4c5ccccc5c5ccccc54)cc3)c3ccc4c(c3)c3ccccc3n4-c3ccc(-c4ccccc4)cc3)cc2)cc1. The smallest absolute Gasteiger partial charge is 0.0542 e. The van der Waals surface area contributed by atoms with Gasteiger partial charge in [-0.2, -0.15) is 0 Å². The summed E-state index contributed by atoms with van der Waals surface area (Å²) in [5.74, 6) is 0. The summed E-state index contributed by atoms with van der Waals surface area (Å²) in [6.07, 6.45) is 0. The van der Waals surface area contributed by atoms with E-state index in [1.54, 1.807) is 0 Å². The van der Waals surface area contributed by atoms with E-state index in [0.717, 1.165) is 28.4 Å². The average molecular weight is 728 g/mol. The Kier molecular flexibility index (Phi) is 7.82. The zero-order valence-corrected chi connectivity index (χ0v) is 31.2. The minimum atomic E-state index is 1.09. The van der Waals surface area contributed by atoms with Crippen LogP contribution in [0.25, 0.3) is 77.2 Å². The van der Waals surface area contributed by atoms with Crippen molar-refractivity contribution in [3.05, 3.63) is 224 Å². The van der Waals surface area contributed by atoms with E-state index in [-0.39, 0.29) is 0 Å². The van der Waals surface area contributed by atoms with Crippen molar-refractivity contribution in [1.82, 2.24) is 9.13 Å². The third-order valence-electron chi connectivity index (χ3n) is 11.3. The monoisotopic (exact) mass is 727 g/mol. The lowest BCUT2D eigenvalue weighted by Crippen LogP contribution is -2.10. The fourth-order valence-electron chi connectivity index (χ4n) is 8.64. The average Bonchev–Trinajstić information content (AvgIpc) is 3.80. The summed E-state index contributed by atoms with van der Waals surface area (Å²) in [5.41, 5.74) is 15.2. The number of benzene rings is 9. The molecule has 3 nitrogen and oxygen atoms in total. The first-order valence-corrected chi connectivity index (χ1v) is 19.5. The molecule has 2 heterocycles. The fraction of sp³-hybridized carbons (Fsp3) is 0. The molecule has 57 heavy (non-hydrogen) atoms. The van der Waals surface area contributed by atoms with Crippen LogP contribution in [0.2, 0.25) is 0 Å². The molecule has 0 bridgehead atoms. The Labute approximate surface area is 331 Å². The largest absolute Gasteiger partial charge is 0.310 e. The van der Waals surface area contributed by atoms with Gasteiger partial charge in [0.15, 0.2) is 0 Å². The van der Waals surface area contributed by atoms with Crippen LogP contribution in [0.4, 0.5) is 17.1 Å². The lowest BCUT2D eigenvalue weighted by Gasteiger charge is -2.26. The Morgan fingerprint density at radius 2 is 0.579 bits per heavy atom. The van der Waals surface area contributed by atoms with E-state index in [0.29, 0.717) is 0 Å². The van der Waals surface area contributed by atoms with E-state index in [4.69, 9.17) is 0 Å². The molecule has 0 saturated carbocycles. The molecule has 0 saturated heterocycles. The van der Waals surface area contributed by atoms with Crippen molar-refractivity contribution in [2.45, 2.75) is 0 Å². The molecule has 0 unspecified atom stereocenters.